The number of aromatic hydroxyl groups is 1. The van der Waals surface area contributed by atoms with Gasteiger partial charge in [0.15, 0.2) is 6.29 Å². The van der Waals surface area contributed by atoms with E-state index >= 15 is 0 Å². The van der Waals surface area contributed by atoms with Crippen molar-refractivity contribution in [2.75, 3.05) is 32.8 Å². The fourth-order valence-electron chi connectivity index (χ4n) is 5.56. The zero-order valence-electron chi connectivity index (χ0n) is 41.7. The summed E-state index contributed by atoms with van der Waals surface area (Å²) in [6, 6.07) is 46.3. The second-order valence-electron chi connectivity index (χ2n) is 13.1. The van der Waals surface area contributed by atoms with Crippen LogP contribution < -0.4 is 35.2 Å². The minimum atomic E-state index is 0. The van der Waals surface area contributed by atoms with Crippen molar-refractivity contribution in [1.29, 1.82) is 0 Å². The van der Waals surface area contributed by atoms with Gasteiger partial charge < -0.3 is 47.7 Å². The quantitative estimate of drug-likeness (QED) is 0.0436. The first-order valence-corrected chi connectivity index (χ1v) is 22.7. The maximum absolute atomic E-state index is 10.3. The third-order valence-corrected chi connectivity index (χ3v) is 9.40. The zero-order valence-corrected chi connectivity index (χ0v) is 46.1. The number of hydrogen-bond acceptors (Lipinski definition) is 11. The van der Waals surface area contributed by atoms with Gasteiger partial charge in [-0.3, -0.25) is 4.79 Å². The van der Waals surface area contributed by atoms with Gasteiger partial charge in [0.05, 0.1) is 26.9 Å². The summed E-state index contributed by atoms with van der Waals surface area (Å²) in [7, 11) is 4.78. The van der Waals surface area contributed by atoms with Gasteiger partial charge in [0, 0.05) is 61.8 Å². The van der Waals surface area contributed by atoms with Gasteiger partial charge in [0.1, 0.15) is 53.5 Å². The molecule has 6 aromatic carbocycles. The van der Waals surface area contributed by atoms with Gasteiger partial charge in [-0.2, -0.15) is 4.98 Å². The van der Waals surface area contributed by atoms with Gasteiger partial charge in [0.2, 0.25) is 5.95 Å². The van der Waals surface area contributed by atoms with Gasteiger partial charge >= 0.3 is 0 Å². The van der Waals surface area contributed by atoms with Gasteiger partial charge in [-0.25, -0.2) is 4.98 Å². The van der Waals surface area contributed by atoms with E-state index in [2.05, 4.69) is 63.3 Å². The van der Waals surface area contributed by atoms with Crippen LogP contribution in [0.1, 0.15) is 71.4 Å². The number of alkyl halides is 1. The fraction of sp³-hybridized carbons (Fsp3) is 0.214. The molecule has 69 heavy (non-hydrogen) atoms. The number of aromatic nitrogens is 2. The summed E-state index contributed by atoms with van der Waals surface area (Å²) >= 11 is 3.36. The van der Waals surface area contributed by atoms with Gasteiger partial charge in [0.25, 0.3) is 0 Å². The molecule has 0 saturated heterocycles. The molecule has 1 aromatic heterocycles. The van der Waals surface area contributed by atoms with E-state index < -0.39 is 0 Å². The van der Waals surface area contributed by atoms with Crippen LogP contribution in [0.25, 0.3) is 0 Å². The van der Waals surface area contributed by atoms with Crippen molar-refractivity contribution in [3.8, 4) is 34.5 Å². The molecule has 0 aliphatic rings. The standard InChI is InChI=1S/C19H20N4O2.C15H16O2.C8H8O3.C7H7Br.2C2H6.C2H4.CH3.Y/c1-24-17-8-7-16(25-12-13-5-3-2-4-6-13)10-14(17)9-15-11-22-19(21)23-18(15)20;1-12-10-14(8-9-15(12)16-2)17-11-13-6-4-3-5-7-13;1-11-8-3-2-7(10)4-6(8)5-9;8-6-7-4-2-1-3-5-7;3*1-2;;/h2-8,10-11H,9,12H2,1H3,(H4,20,21,22,23);3-10H,11H2,1-2H3;2-5,10H,1H3;1-5H,6H2;2*1-2H3;1-2H2;1H3;/q;;;;;;;-1;. The van der Waals surface area contributed by atoms with E-state index in [1.807, 2.05) is 138 Å². The Kier molecular flexibility index (Phi) is 37.4. The Morgan fingerprint density at radius 3 is 1.49 bits per heavy atom. The number of phenolic OH excluding ortho intramolecular Hbond substituents is 1. The summed E-state index contributed by atoms with van der Waals surface area (Å²) < 4.78 is 27.1. The average Bonchev–Trinajstić information content (AvgIpc) is 3.39. The second-order valence-corrected chi connectivity index (χ2v) is 13.7. The number of carbonyl (C=O) groups excluding carboxylic acids is 1. The number of ether oxygens (including phenoxy) is 5. The topological polar surface area (TPSA) is 161 Å². The molecule has 13 heteroatoms. The maximum atomic E-state index is 10.3. The Balaban J connectivity index is 0. The molecule has 1 radical (unpaired) electrons. The number of aryl methyl sites for hydroxylation is 1. The second kappa shape index (κ2) is 39.8. The third kappa shape index (κ3) is 25.1. The van der Waals surface area contributed by atoms with Crippen molar-refractivity contribution in [2.24, 2.45) is 0 Å². The number of aldehydes is 1. The number of benzene rings is 6. The summed E-state index contributed by atoms with van der Waals surface area (Å²) in [5.74, 6) is 4.33. The number of hydrogen-bond donors (Lipinski definition) is 3. The summed E-state index contributed by atoms with van der Waals surface area (Å²) in [6.07, 6.45) is 2.80. The Labute approximate surface area is 445 Å². The number of methoxy groups -OCH3 is 3. The Morgan fingerprint density at radius 1 is 0.623 bits per heavy atom. The molecule has 11 nitrogen and oxygen atoms in total. The predicted octanol–water partition coefficient (Wildman–Crippen LogP) is 13.5. The first-order valence-electron chi connectivity index (χ1n) is 21.6. The van der Waals surface area contributed by atoms with Crippen molar-refractivity contribution in [1.82, 2.24) is 9.97 Å². The van der Waals surface area contributed by atoms with Crippen LogP contribution in [0.3, 0.4) is 0 Å². The fourth-order valence-corrected chi connectivity index (χ4v) is 5.94. The van der Waals surface area contributed by atoms with E-state index in [-0.39, 0.29) is 51.8 Å². The van der Waals surface area contributed by atoms with Gasteiger partial charge in [-0.05, 0) is 83.8 Å². The summed E-state index contributed by atoms with van der Waals surface area (Å²) in [5.41, 5.74) is 18.2. The van der Waals surface area contributed by atoms with Crippen LogP contribution >= 0.6 is 15.9 Å². The normalized spacial score (nSPS) is 9.00. The van der Waals surface area contributed by atoms with Crippen molar-refractivity contribution < 1.29 is 66.3 Å². The molecule has 7 rings (SSSR count). The molecular formula is C56H70BrN4O7Y-. The molecule has 7 aromatic rings. The molecular weight excluding hydrogens is 1010 g/mol. The molecule has 5 N–H and O–H groups in total. The zero-order chi connectivity index (χ0) is 49.8. The molecule has 0 atom stereocenters. The van der Waals surface area contributed by atoms with Crippen molar-refractivity contribution in [3.63, 3.8) is 0 Å². The number of nitrogens with two attached hydrogens (primary N) is 2. The van der Waals surface area contributed by atoms with Crippen LogP contribution in [0.4, 0.5) is 11.8 Å². The van der Waals surface area contributed by atoms with Crippen molar-refractivity contribution in [2.45, 2.75) is 59.6 Å². The van der Waals surface area contributed by atoms with Gasteiger partial charge in [-0.1, -0.05) is 135 Å². The number of phenols is 1. The molecule has 0 saturated carbocycles. The molecule has 0 bridgehead atoms. The van der Waals surface area contributed by atoms with Crippen molar-refractivity contribution >= 4 is 34.0 Å². The van der Waals surface area contributed by atoms with Crippen LogP contribution in [0.5, 0.6) is 34.5 Å². The monoisotopic (exact) mass is 1080 g/mol. The van der Waals surface area contributed by atoms with E-state index in [0.29, 0.717) is 43.1 Å². The summed E-state index contributed by atoms with van der Waals surface area (Å²) in [4.78, 5) is 18.3. The van der Waals surface area contributed by atoms with Crippen molar-refractivity contribution in [3.05, 3.63) is 211 Å². The molecule has 367 valence electrons. The molecule has 0 fully saturated rings. The van der Waals surface area contributed by atoms with Crippen LogP contribution in [0.15, 0.2) is 165 Å². The summed E-state index contributed by atoms with van der Waals surface area (Å²) in [6.45, 7) is 17.1. The SMILES string of the molecule is BrCc1ccccc1.C=C.CC.CC.COc1ccc(O)cc1C=O.COc1ccc(OCc2ccccc2)cc1C.COc1ccc(OCc2ccccc2)cc1Cc1cnc(N)nc1N.[CH3-].[Y]. The number of rotatable bonds is 13. The molecule has 0 spiro atoms. The van der Waals surface area contributed by atoms with Crippen LogP contribution in [-0.2, 0) is 57.7 Å². The van der Waals surface area contributed by atoms with E-state index in [9.17, 15) is 4.79 Å². The molecule has 0 aliphatic carbocycles. The predicted molar refractivity (Wildman–Crippen MR) is 285 cm³/mol. The number of anilines is 2. The van der Waals surface area contributed by atoms with E-state index in [4.69, 9.17) is 40.3 Å². The average molecular weight is 1080 g/mol. The van der Waals surface area contributed by atoms with E-state index in [1.165, 1.54) is 30.4 Å². The number of nitrogen functional groups attached to an aromatic ring is 2. The smallest absolute Gasteiger partial charge is 0.221 e. The van der Waals surface area contributed by atoms with Crippen LogP contribution in [-0.4, -0.2) is 42.7 Å². The third-order valence-electron chi connectivity index (χ3n) is 8.75. The first-order chi connectivity index (χ1) is 32.7. The molecule has 0 aliphatic heterocycles. The molecule has 0 amide bonds. The molecule has 0 unspecified atom stereocenters. The minimum absolute atomic E-state index is 0. The first kappa shape index (κ1) is 64.9. The van der Waals surface area contributed by atoms with E-state index in [1.54, 1.807) is 26.5 Å². The Bertz CT molecular complexity index is 2400. The number of carbonyl (C=O) groups is 1. The molecule has 1 heterocycles. The number of nitrogens with zero attached hydrogens (tertiary/aromatic N) is 2. The maximum Gasteiger partial charge on any atom is 0.221 e. The Hall–Kier alpha value is -6.21. The van der Waals surface area contributed by atoms with Crippen LogP contribution in [0, 0.1) is 14.4 Å². The van der Waals surface area contributed by atoms with Crippen LogP contribution in [0.2, 0.25) is 0 Å². The largest absolute Gasteiger partial charge is 0.508 e. The summed E-state index contributed by atoms with van der Waals surface area (Å²) in [5, 5.41) is 9.90. The van der Waals surface area contributed by atoms with Gasteiger partial charge in [-0.15, -0.1) is 13.2 Å². The number of halogens is 1. The minimum Gasteiger partial charge on any atom is -0.508 e. The Morgan fingerprint density at radius 2 is 1.07 bits per heavy atom. The van der Waals surface area contributed by atoms with E-state index in [0.717, 1.165) is 50.6 Å².